The highest BCUT2D eigenvalue weighted by atomic mass is 19.3. The number of hydrogen-bond acceptors (Lipinski definition) is 4. The molecule has 1 fully saturated rings. The van der Waals surface area contributed by atoms with Gasteiger partial charge in [-0.15, -0.1) is 0 Å². The fraction of sp³-hybridized carbons (Fsp3) is 0.500. The van der Waals surface area contributed by atoms with Gasteiger partial charge in [0.25, 0.3) is 0 Å². The van der Waals surface area contributed by atoms with Gasteiger partial charge in [0.15, 0.2) is 0 Å². The van der Waals surface area contributed by atoms with Crippen LogP contribution in [0.3, 0.4) is 0 Å². The number of para-hydroxylation sites is 2. The molecule has 0 radical (unpaired) electrons. The molecule has 0 aliphatic carbocycles. The van der Waals surface area contributed by atoms with Crippen LogP contribution in [0.25, 0.3) is 0 Å². The second-order valence-electron chi connectivity index (χ2n) is 4.68. The smallest absolute Gasteiger partial charge is 0.387 e. The molecular weight excluding hydrogens is 282 g/mol. The molecule has 1 aliphatic heterocycles. The minimum atomic E-state index is -2.94. The highest BCUT2D eigenvalue weighted by molar-refractivity contribution is 5.93. The molecular formula is C14H18F2N2O3. The number of piperidine rings is 1. The zero-order chi connectivity index (χ0) is 15.1. The number of alkyl halides is 2. The van der Waals surface area contributed by atoms with E-state index in [0.29, 0.717) is 0 Å². The van der Waals surface area contributed by atoms with Gasteiger partial charge in [0.05, 0.1) is 11.8 Å². The molecule has 1 heterocycles. The highest BCUT2D eigenvalue weighted by Gasteiger charge is 2.16. The Morgan fingerprint density at radius 2 is 2.05 bits per heavy atom. The van der Waals surface area contributed by atoms with Gasteiger partial charge in [-0.25, -0.2) is 0 Å². The van der Waals surface area contributed by atoms with Gasteiger partial charge in [-0.2, -0.15) is 8.78 Å². The lowest BCUT2D eigenvalue weighted by Crippen LogP contribution is -2.34. The molecule has 0 spiro atoms. The van der Waals surface area contributed by atoms with Gasteiger partial charge < -0.3 is 20.1 Å². The van der Waals surface area contributed by atoms with Gasteiger partial charge in [-0.3, -0.25) is 4.79 Å². The average Bonchev–Trinajstić information content (AvgIpc) is 2.48. The number of hydrogen-bond donors (Lipinski definition) is 2. The summed E-state index contributed by atoms with van der Waals surface area (Å²) < 4.78 is 34.4. The predicted octanol–water partition coefficient (Wildman–Crippen LogP) is 2.00. The van der Waals surface area contributed by atoms with Crippen LogP contribution in [-0.2, 0) is 9.53 Å². The van der Waals surface area contributed by atoms with E-state index in [1.165, 1.54) is 12.1 Å². The first kappa shape index (κ1) is 15.7. The number of carbonyl (C=O) groups is 1. The molecule has 0 unspecified atom stereocenters. The third-order valence-electron chi connectivity index (χ3n) is 3.11. The summed E-state index contributed by atoms with van der Waals surface area (Å²) in [7, 11) is 0. The van der Waals surface area contributed by atoms with E-state index in [9.17, 15) is 13.6 Å². The summed E-state index contributed by atoms with van der Waals surface area (Å²) in [6, 6.07) is 6.05. The Bertz CT molecular complexity index is 465. The maximum atomic E-state index is 12.3. The third kappa shape index (κ3) is 5.28. The molecule has 2 N–H and O–H groups in total. The Morgan fingerprint density at radius 1 is 1.33 bits per heavy atom. The van der Waals surface area contributed by atoms with E-state index in [-0.39, 0.29) is 30.1 Å². The topological polar surface area (TPSA) is 59.6 Å². The van der Waals surface area contributed by atoms with Crippen molar-refractivity contribution in [1.29, 1.82) is 0 Å². The summed E-state index contributed by atoms with van der Waals surface area (Å²) >= 11 is 0. The standard InChI is InChI=1S/C14H18F2N2O3/c15-14(16)21-12-4-2-1-3-11(12)18-13(19)9-20-10-5-7-17-8-6-10/h1-4,10,14,17H,5-9H2,(H,18,19). The van der Waals surface area contributed by atoms with E-state index >= 15 is 0 Å². The van der Waals surface area contributed by atoms with Gasteiger partial charge in [0.1, 0.15) is 12.4 Å². The quantitative estimate of drug-likeness (QED) is 0.843. The number of rotatable bonds is 6. The van der Waals surface area contributed by atoms with Crippen LogP contribution < -0.4 is 15.4 Å². The Kier molecular flexibility index (Phi) is 5.89. The monoisotopic (exact) mass is 300 g/mol. The number of ether oxygens (including phenoxy) is 2. The Labute approximate surface area is 121 Å². The summed E-state index contributed by atoms with van der Waals surface area (Å²) in [5.41, 5.74) is 0.205. The molecule has 116 valence electrons. The zero-order valence-corrected chi connectivity index (χ0v) is 11.5. The molecule has 0 atom stereocenters. The van der Waals surface area contributed by atoms with Crippen LogP contribution in [0.15, 0.2) is 24.3 Å². The van der Waals surface area contributed by atoms with Crippen molar-refractivity contribution in [3.05, 3.63) is 24.3 Å². The van der Waals surface area contributed by atoms with Crippen molar-refractivity contribution >= 4 is 11.6 Å². The van der Waals surface area contributed by atoms with Crippen molar-refractivity contribution in [2.45, 2.75) is 25.6 Å². The summed E-state index contributed by atoms with van der Waals surface area (Å²) in [4.78, 5) is 11.8. The molecule has 2 rings (SSSR count). The molecule has 0 aromatic heterocycles. The summed E-state index contributed by atoms with van der Waals surface area (Å²) in [5.74, 6) is -0.457. The molecule has 1 amide bonds. The van der Waals surface area contributed by atoms with Crippen LogP contribution in [0.2, 0.25) is 0 Å². The number of nitrogens with one attached hydrogen (secondary N) is 2. The van der Waals surface area contributed by atoms with E-state index in [1.807, 2.05) is 0 Å². The van der Waals surface area contributed by atoms with Gasteiger partial charge in [-0.1, -0.05) is 12.1 Å². The number of amides is 1. The fourth-order valence-electron chi connectivity index (χ4n) is 2.11. The van der Waals surface area contributed by atoms with E-state index in [2.05, 4.69) is 15.4 Å². The normalized spacial score (nSPS) is 16.0. The van der Waals surface area contributed by atoms with Crippen LogP contribution in [-0.4, -0.2) is 38.3 Å². The van der Waals surface area contributed by atoms with E-state index in [0.717, 1.165) is 25.9 Å². The maximum Gasteiger partial charge on any atom is 0.387 e. The lowest BCUT2D eigenvalue weighted by molar-refractivity contribution is -0.123. The van der Waals surface area contributed by atoms with Crippen LogP contribution in [0, 0.1) is 0 Å². The summed E-state index contributed by atoms with van der Waals surface area (Å²) in [6.07, 6.45) is 1.78. The van der Waals surface area contributed by atoms with Crippen LogP contribution >= 0.6 is 0 Å². The van der Waals surface area contributed by atoms with Crippen molar-refractivity contribution in [1.82, 2.24) is 5.32 Å². The van der Waals surface area contributed by atoms with Gasteiger partial charge in [0, 0.05) is 0 Å². The Hall–Kier alpha value is -1.73. The third-order valence-corrected chi connectivity index (χ3v) is 3.11. The van der Waals surface area contributed by atoms with Crippen molar-refractivity contribution in [2.24, 2.45) is 0 Å². The predicted molar refractivity (Wildman–Crippen MR) is 73.5 cm³/mol. The van der Waals surface area contributed by atoms with Gasteiger partial charge in [0.2, 0.25) is 5.91 Å². The lowest BCUT2D eigenvalue weighted by atomic mass is 10.1. The molecule has 1 aliphatic rings. The number of benzene rings is 1. The number of halogens is 2. The van der Waals surface area contributed by atoms with Gasteiger partial charge in [-0.05, 0) is 38.1 Å². The van der Waals surface area contributed by atoms with Crippen LogP contribution in [0.4, 0.5) is 14.5 Å². The zero-order valence-electron chi connectivity index (χ0n) is 11.5. The SMILES string of the molecule is O=C(COC1CCNCC1)Nc1ccccc1OC(F)F. The van der Waals surface area contributed by atoms with Crippen LogP contribution in [0.5, 0.6) is 5.75 Å². The maximum absolute atomic E-state index is 12.3. The van der Waals surface area contributed by atoms with Crippen LogP contribution in [0.1, 0.15) is 12.8 Å². The minimum absolute atomic E-state index is 0.0598. The minimum Gasteiger partial charge on any atom is -0.433 e. The highest BCUT2D eigenvalue weighted by Crippen LogP contribution is 2.25. The largest absolute Gasteiger partial charge is 0.433 e. The molecule has 0 bridgehead atoms. The summed E-state index contributed by atoms with van der Waals surface area (Å²) in [6.45, 7) is -1.29. The second-order valence-corrected chi connectivity index (χ2v) is 4.68. The van der Waals surface area contributed by atoms with E-state index in [1.54, 1.807) is 12.1 Å². The van der Waals surface area contributed by atoms with E-state index < -0.39 is 6.61 Å². The van der Waals surface area contributed by atoms with E-state index in [4.69, 9.17) is 4.74 Å². The fourth-order valence-corrected chi connectivity index (χ4v) is 2.11. The Morgan fingerprint density at radius 3 is 2.76 bits per heavy atom. The molecule has 5 nitrogen and oxygen atoms in total. The van der Waals surface area contributed by atoms with Crippen molar-refractivity contribution in [2.75, 3.05) is 25.0 Å². The molecule has 1 aromatic rings. The Balaban J connectivity index is 1.84. The molecule has 1 saturated heterocycles. The average molecular weight is 300 g/mol. The van der Waals surface area contributed by atoms with Crippen molar-refractivity contribution in [3.8, 4) is 5.75 Å². The number of anilines is 1. The first-order valence-electron chi connectivity index (χ1n) is 6.81. The number of carbonyl (C=O) groups excluding carboxylic acids is 1. The molecule has 0 saturated carbocycles. The van der Waals surface area contributed by atoms with Crippen molar-refractivity contribution < 1.29 is 23.0 Å². The van der Waals surface area contributed by atoms with Crippen molar-refractivity contribution in [3.63, 3.8) is 0 Å². The second kappa shape index (κ2) is 7.90. The lowest BCUT2D eigenvalue weighted by Gasteiger charge is -2.22. The summed E-state index contributed by atoms with van der Waals surface area (Å²) in [5, 5.41) is 5.72. The van der Waals surface area contributed by atoms with Gasteiger partial charge >= 0.3 is 6.61 Å². The molecule has 7 heteroatoms. The molecule has 21 heavy (non-hydrogen) atoms. The first-order valence-corrected chi connectivity index (χ1v) is 6.81. The molecule has 1 aromatic carbocycles. The first-order chi connectivity index (χ1) is 10.1.